The fourth-order valence-corrected chi connectivity index (χ4v) is 3.48. The van der Waals surface area contributed by atoms with E-state index in [1.165, 1.54) is 6.07 Å². The number of carbonyl (C=O) groups is 2. The molecule has 4 nitrogen and oxygen atoms in total. The van der Waals surface area contributed by atoms with Gasteiger partial charge in [0.25, 0.3) is 5.91 Å². The van der Waals surface area contributed by atoms with E-state index in [4.69, 9.17) is 0 Å². The minimum atomic E-state index is -0.817. The first kappa shape index (κ1) is 19.0. The van der Waals surface area contributed by atoms with Gasteiger partial charge in [-0.1, -0.05) is 17.2 Å². The fraction of sp³-hybridized carbons (Fsp3) is 0.333. The number of piperidine rings is 1. The fourth-order valence-electron chi connectivity index (χ4n) is 3.48. The van der Waals surface area contributed by atoms with Gasteiger partial charge in [-0.05, 0) is 51.0 Å². The number of anilines is 1. The zero-order valence-corrected chi connectivity index (χ0v) is 15.4. The maximum Gasteiger partial charge on any atom is 0.253 e. The summed E-state index contributed by atoms with van der Waals surface area (Å²) >= 11 is 0. The molecule has 1 atom stereocenters. The smallest absolute Gasteiger partial charge is 0.253 e. The molecule has 2 aromatic carbocycles. The SMILES string of the molecule is Cc1cc(C)cc(C(=O)N2CCCC(C(=O)Nc3ccc(F)cc3F)C2)c1. The summed E-state index contributed by atoms with van der Waals surface area (Å²) in [5.74, 6) is -2.42. The van der Waals surface area contributed by atoms with E-state index >= 15 is 0 Å². The van der Waals surface area contributed by atoms with Crippen molar-refractivity contribution in [3.05, 3.63) is 64.7 Å². The Morgan fingerprint density at radius 2 is 1.78 bits per heavy atom. The van der Waals surface area contributed by atoms with Crippen LogP contribution in [0.1, 0.15) is 34.3 Å². The highest BCUT2D eigenvalue weighted by molar-refractivity contribution is 5.96. The minimum absolute atomic E-state index is 0.0563. The van der Waals surface area contributed by atoms with Crippen LogP contribution in [0, 0.1) is 31.4 Å². The molecule has 0 radical (unpaired) electrons. The predicted octanol–water partition coefficient (Wildman–Crippen LogP) is 4.07. The van der Waals surface area contributed by atoms with Crippen LogP contribution in [0.5, 0.6) is 0 Å². The van der Waals surface area contributed by atoms with Gasteiger partial charge in [0.2, 0.25) is 5.91 Å². The summed E-state index contributed by atoms with van der Waals surface area (Å²) in [7, 11) is 0. The van der Waals surface area contributed by atoms with Gasteiger partial charge in [0.05, 0.1) is 11.6 Å². The van der Waals surface area contributed by atoms with Crippen LogP contribution in [0.3, 0.4) is 0 Å². The highest BCUT2D eigenvalue weighted by atomic mass is 19.1. The van der Waals surface area contributed by atoms with Gasteiger partial charge in [0.15, 0.2) is 0 Å². The molecule has 27 heavy (non-hydrogen) atoms. The van der Waals surface area contributed by atoms with Crippen LogP contribution in [0.25, 0.3) is 0 Å². The first-order valence-corrected chi connectivity index (χ1v) is 8.97. The number of carbonyl (C=O) groups excluding carboxylic acids is 2. The predicted molar refractivity (Wildman–Crippen MR) is 99.5 cm³/mol. The normalized spacial score (nSPS) is 16.9. The van der Waals surface area contributed by atoms with Crippen molar-refractivity contribution < 1.29 is 18.4 Å². The lowest BCUT2D eigenvalue weighted by Crippen LogP contribution is -2.43. The molecule has 0 aromatic heterocycles. The number of benzene rings is 2. The van der Waals surface area contributed by atoms with Gasteiger partial charge < -0.3 is 10.2 Å². The van der Waals surface area contributed by atoms with E-state index in [-0.39, 0.29) is 24.0 Å². The summed E-state index contributed by atoms with van der Waals surface area (Å²) in [5, 5.41) is 2.51. The third-order valence-electron chi connectivity index (χ3n) is 4.74. The van der Waals surface area contributed by atoms with Crippen molar-refractivity contribution in [1.82, 2.24) is 4.90 Å². The van der Waals surface area contributed by atoms with Gasteiger partial charge in [-0.15, -0.1) is 0 Å². The van der Waals surface area contributed by atoms with E-state index in [1.54, 1.807) is 4.90 Å². The monoisotopic (exact) mass is 372 g/mol. The average Bonchev–Trinajstić information content (AvgIpc) is 2.62. The van der Waals surface area contributed by atoms with E-state index in [2.05, 4.69) is 5.32 Å². The Hall–Kier alpha value is -2.76. The molecule has 1 aliphatic rings. The van der Waals surface area contributed by atoms with Crippen LogP contribution in [0.4, 0.5) is 14.5 Å². The standard InChI is InChI=1S/C21H22F2N2O2/c1-13-8-14(2)10-16(9-13)21(27)25-7-3-4-15(12-25)20(26)24-19-6-5-17(22)11-18(19)23/h5-6,8-11,15H,3-4,7,12H2,1-2H3,(H,24,26). The molecule has 2 aromatic rings. The molecular formula is C21H22F2N2O2. The van der Waals surface area contributed by atoms with Gasteiger partial charge >= 0.3 is 0 Å². The number of likely N-dealkylation sites (tertiary alicyclic amines) is 1. The Labute approximate surface area is 157 Å². The van der Waals surface area contributed by atoms with Crippen molar-refractivity contribution in [3.8, 4) is 0 Å². The maximum atomic E-state index is 13.8. The molecule has 2 amide bonds. The quantitative estimate of drug-likeness (QED) is 0.883. The van der Waals surface area contributed by atoms with E-state index in [0.29, 0.717) is 24.9 Å². The van der Waals surface area contributed by atoms with Crippen LogP contribution in [0.15, 0.2) is 36.4 Å². The Kier molecular flexibility index (Phi) is 5.54. The molecule has 0 spiro atoms. The van der Waals surface area contributed by atoms with Crippen LogP contribution < -0.4 is 5.32 Å². The number of halogens is 2. The third-order valence-corrected chi connectivity index (χ3v) is 4.74. The molecule has 6 heteroatoms. The van der Waals surface area contributed by atoms with Crippen molar-refractivity contribution in [2.45, 2.75) is 26.7 Å². The summed E-state index contributed by atoms with van der Waals surface area (Å²) in [5.41, 5.74) is 2.57. The molecule has 0 bridgehead atoms. The second-order valence-electron chi connectivity index (χ2n) is 7.08. The second kappa shape index (κ2) is 7.86. The minimum Gasteiger partial charge on any atom is -0.338 e. The number of hydrogen-bond donors (Lipinski definition) is 1. The Morgan fingerprint density at radius 1 is 1.07 bits per heavy atom. The molecule has 0 saturated carbocycles. The lowest BCUT2D eigenvalue weighted by Gasteiger charge is -2.32. The molecule has 3 rings (SSSR count). The number of nitrogens with one attached hydrogen (secondary N) is 1. The maximum absolute atomic E-state index is 13.8. The summed E-state index contributed by atoms with van der Waals surface area (Å²) in [6.07, 6.45) is 1.31. The summed E-state index contributed by atoms with van der Waals surface area (Å²) < 4.78 is 26.8. The Balaban J connectivity index is 1.69. The van der Waals surface area contributed by atoms with Gasteiger partial charge in [0, 0.05) is 24.7 Å². The number of amides is 2. The topological polar surface area (TPSA) is 49.4 Å². The highest BCUT2D eigenvalue weighted by Gasteiger charge is 2.29. The van der Waals surface area contributed by atoms with E-state index in [9.17, 15) is 18.4 Å². The molecular weight excluding hydrogens is 350 g/mol. The van der Waals surface area contributed by atoms with Crippen molar-refractivity contribution in [3.63, 3.8) is 0 Å². The van der Waals surface area contributed by atoms with Crippen LogP contribution in [-0.4, -0.2) is 29.8 Å². The molecule has 1 unspecified atom stereocenters. The lowest BCUT2D eigenvalue weighted by atomic mass is 9.96. The molecule has 1 saturated heterocycles. The van der Waals surface area contributed by atoms with E-state index in [0.717, 1.165) is 23.3 Å². The van der Waals surface area contributed by atoms with Crippen molar-refractivity contribution in [2.75, 3.05) is 18.4 Å². The van der Waals surface area contributed by atoms with Crippen LogP contribution in [-0.2, 0) is 4.79 Å². The number of hydrogen-bond acceptors (Lipinski definition) is 2. The molecule has 0 aliphatic carbocycles. The van der Waals surface area contributed by atoms with Crippen molar-refractivity contribution >= 4 is 17.5 Å². The molecule has 142 valence electrons. The highest BCUT2D eigenvalue weighted by Crippen LogP contribution is 2.22. The lowest BCUT2D eigenvalue weighted by molar-refractivity contribution is -0.121. The first-order valence-electron chi connectivity index (χ1n) is 8.97. The first-order chi connectivity index (χ1) is 12.8. The van der Waals surface area contributed by atoms with Crippen LogP contribution in [0.2, 0.25) is 0 Å². The largest absolute Gasteiger partial charge is 0.338 e. The van der Waals surface area contributed by atoms with E-state index in [1.807, 2.05) is 32.0 Å². The molecule has 1 N–H and O–H groups in total. The van der Waals surface area contributed by atoms with E-state index < -0.39 is 17.6 Å². The van der Waals surface area contributed by atoms with Crippen molar-refractivity contribution in [1.29, 1.82) is 0 Å². The van der Waals surface area contributed by atoms with Crippen LogP contribution >= 0.6 is 0 Å². The summed E-state index contributed by atoms with van der Waals surface area (Å²) in [4.78, 5) is 27.0. The average molecular weight is 372 g/mol. The second-order valence-corrected chi connectivity index (χ2v) is 7.08. The Bertz CT molecular complexity index is 862. The summed E-state index contributed by atoms with van der Waals surface area (Å²) in [6, 6.07) is 8.70. The molecule has 1 fully saturated rings. The zero-order valence-electron chi connectivity index (χ0n) is 15.4. The molecule has 1 heterocycles. The number of rotatable bonds is 3. The summed E-state index contributed by atoms with van der Waals surface area (Å²) in [6.45, 7) is 4.74. The number of nitrogens with zero attached hydrogens (tertiary/aromatic N) is 1. The van der Waals surface area contributed by atoms with Gasteiger partial charge in [-0.25, -0.2) is 8.78 Å². The third kappa shape index (κ3) is 4.51. The molecule has 1 aliphatic heterocycles. The number of aryl methyl sites for hydroxylation is 2. The zero-order chi connectivity index (χ0) is 19.6. The van der Waals surface area contributed by atoms with Crippen molar-refractivity contribution in [2.24, 2.45) is 5.92 Å². The Morgan fingerprint density at radius 3 is 2.44 bits per heavy atom. The van der Waals surface area contributed by atoms with Gasteiger partial charge in [-0.3, -0.25) is 9.59 Å². The van der Waals surface area contributed by atoms with Gasteiger partial charge in [0.1, 0.15) is 11.6 Å². The van der Waals surface area contributed by atoms with Gasteiger partial charge in [-0.2, -0.15) is 0 Å².